The maximum absolute atomic E-state index is 14.2. The van der Waals surface area contributed by atoms with Gasteiger partial charge in [0.25, 0.3) is 0 Å². The van der Waals surface area contributed by atoms with Gasteiger partial charge in [0.15, 0.2) is 10.9 Å². The SMILES string of the molecule is Cc1ccc2c(c1)-c1cc(C)ccc1C2(CCCCCCCCc1ccc2cc3ccccc3cc2c1)CCCCCCCCc1ccc2cc3ccccc3cc2c1.Cc1ccc2c(c1)-c1cc(C)ccc1C2(c1ccc2c(c1)c(=O)c1ccccc1n2C)c1ccc2c(c1)c(=O)c1ccccc1n2C. The summed E-state index contributed by atoms with van der Waals surface area (Å²) < 4.78 is 4.22. The minimum absolute atomic E-state index is 0.0239. The second-order valence-electron chi connectivity index (χ2n) is 31.3. The van der Waals surface area contributed by atoms with Crippen LogP contribution in [0.3, 0.4) is 0 Å². The zero-order chi connectivity index (χ0) is 72.2. The van der Waals surface area contributed by atoms with E-state index in [0.29, 0.717) is 21.5 Å². The topological polar surface area (TPSA) is 44.0 Å². The number of hydrogen-bond donors (Lipinski definition) is 0. The summed E-state index contributed by atoms with van der Waals surface area (Å²) in [4.78, 5) is 28.3. The summed E-state index contributed by atoms with van der Waals surface area (Å²) in [6, 6.07) is 97.5. The Morgan fingerprint density at radius 1 is 0.264 bits per heavy atom. The Kier molecular flexibility index (Phi) is 18.3. The van der Waals surface area contributed by atoms with Crippen molar-refractivity contribution in [1.82, 2.24) is 9.13 Å². The lowest BCUT2D eigenvalue weighted by Crippen LogP contribution is -2.29. The van der Waals surface area contributed by atoms with Crippen LogP contribution in [0.2, 0.25) is 0 Å². The Morgan fingerprint density at radius 2 is 0.585 bits per heavy atom. The van der Waals surface area contributed by atoms with E-state index in [0.717, 1.165) is 44.3 Å². The molecule has 2 heterocycles. The van der Waals surface area contributed by atoms with E-state index in [9.17, 15) is 9.59 Å². The highest BCUT2D eigenvalue weighted by Gasteiger charge is 2.47. The summed E-state index contributed by atoms with van der Waals surface area (Å²) >= 11 is 0. The van der Waals surface area contributed by atoms with Gasteiger partial charge in [-0.1, -0.05) is 281 Å². The predicted octanol–water partition coefficient (Wildman–Crippen LogP) is 25.8. The van der Waals surface area contributed by atoms with E-state index in [2.05, 4.69) is 255 Å². The highest BCUT2D eigenvalue weighted by molar-refractivity contribution is 6.01. The molecule has 0 radical (unpaired) electrons. The van der Waals surface area contributed by atoms with Gasteiger partial charge >= 0.3 is 0 Å². The molecular formula is C102H94N2O2. The maximum atomic E-state index is 14.2. The van der Waals surface area contributed by atoms with Gasteiger partial charge in [0.1, 0.15) is 0 Å². The number of hydrogen-bond acceptors (Lipinski definition) is 2. The Labute approximate surface area is 623 Å². The first-order chi connectivity index (χ1) is 51.8. The van der Waals surface area contributed by atoms with Crippen molar-refractivity contribution < 1.29 is 0 Å². The van der Waals surface area contributed by atoms with Crippen molar-refractivity contribution in [2.24, 2.45) is 14.1 Å². The summed E-state index contributed by atoms with van der Waals surface area (Å²) in [7, 11) is 4.05. The number of benzene rings is 14. The number of unbranched alkanes of at least 4 members (excludes halogenated alkanes) is 10. The molecule has 0 bridgehead atoms. The molecule has 0 amide bonds. The van der Waals surface area contributed by atoms with Gasteiger partial charge in [-0.2, -0.15) is 0 Å². The lowest BCUT2D eigenvalue weighted by Gasteiger charge is -2.34. The molecular weight excluding hydrogens is 1290 g/mol. The van der Waals surface area contributed by atoms with Crippen LogP contribution in [-0.4, -0.2) is 9.13 Å². The van der Waals surface area contributed by atoms with Crippen molar-refractivity contribution in [2.75, 3.05) is 0 Å². The standard InChI is InChI=1S/C59H62.C43H32N2O2/c1-43-25-31-57-55(35-43)56-36-44(2)26-32-58(56)59(57,33-17-9-5-3-7-11-19-45-27-29-51-39-47-21-13-15-23-49(47)41-53(51)37-45)34-18-10-6-4-8-12-20-46-28-30-52-40-48-22-14-16-24-50(48)42-54(52)38-46;1-25-13-17-35-31(21-25)32-22-26(2)14-18-36(32)43(35,27-15-19-39-33(23-27)41(46)29-9-5-7-11-37(29)44(39)3)28-16-20-40-34(24-28)42(47)30-10-6-8-12-38(30)45(40)4/h13-16,21-32,35-42H,3-12,17-20,33-34H2,1-2H3;5-24H,1-4H3. The van der Waals surface area contributed by atoms with Crippen LogP contribution in [0.5, 0.6) is 0 Å². The minimum atomic E-state index is -0.762. The molecule has 0 unspecified atom stereocenters. The van der Waals surface area contributed by atoms with Crippen molar-refractivity contribution in [3.8, 4) is 22.3 Å². The Balaban J connectivity index is 0.000000160. The number of pyridine rings is 2. The average Bonchev–Trinajstić information content (AvgIpc) is 1.52. The van der Waals surface area contributed by atoms with Crippen LogP contribution in [-0.2, 0) is 37.8 Å². The van der Waals surface area contributed by atoms with Crippen molar-refractivity contribution in [3.05, 3.63) is 354 Å². The van der Waals surface area contributed by atoms with Crippen LogP contribution >= 0.6 is 0 Å². The van der Waals surface area contributed by atoms with E-state index in [-0.39, 0.29) is 16.3 Å². The third-order valence-electron chi connectivity index (χ3n) is 24.4. The molecule has 2 aromatic heterocycles. The zero-order valence-corrected chi connectivity index (χ0v) is 62.4. The van der Waals surface area contributed by atoms with Crippen LogP contribution in [0.4, 0.5) is 0 Å². The molecule has 18 rings (SSSR count). The smallest absolute Gasteiger partial charge is 0.197 e. The van der Waals surface area contributed by atoms with Gasteiger partial charge in [-0.25, -0.2) is 0 Å². The van der Waals surface area contributed by atoms with Gasteiger partial charge in [0, 0.05) is 41.1 Å². The highest BCUT2D eigenvalue weighted by Crippen LogP contribution is 2.58. The summed E-state index contributed by atoms with van der Waals surface area (Å²) in [5.74, 6) is 0. The lowest BCUT2D eigenvalue weighted by molar-refractivity contribution is 0.397. The normalized spacial score (nSPS) is 13.3. The van der Waals surface area contributed by atoms with Crippen LogP contribution in [0.15, 0.2) is 277 Å². The maximum Gasteiger partial charge on any atom is 0.197 e. The molecule has 0 N–H and O–H groups in total. The molecule has 0 aliphatic heterocycles. The van der Waals surface area contributed by atoms with Gasteiger partial charge in [-0.15, -0.1) is 0 Å². The van der Waals surface area contributed by atoms with E-state index >= 15 is 0 Å². The summed E-state index contributed by atoms with van der Waals surface area (Å²) in [6.07, 6.45) is 20.8. The fourth-order valence-electron chi connectivity index (χ4n) is 18.9. The van der Waals surface area contributed by atoms with Gasteiger partial charge in [0.05, 0.1) is 27.5 Å². The number of fused-ring (bicyclic) bond motifs is 14. The molecule has 106 heavy (non-hydrogen) atoms. The first-order valence-electron chi connectivity index (χ1n) is 39.1. The number of aryl methyl sites for hydroxylation is 8. The number of aromatic nitrogens is 2. The van der Waals surface area contributed by atoms with Crippen LogP contribution in [0.1, 0.15) is 157 Å². The second-order valence-corrected chi connectivity index (χ2v) is 31.3. The molecule has 0 atom stereocenters. The Morgan fingerprint density at radius 3 is 0.991 bits per heavy atom. The number of para-hydroxylation sites is 2. The quantitative estimate of drug-likeness (QED) is 0.0564. The molecule has 4 heteroatoms. The molecule has 0 saturated carbocycles. The third kappa shape index (κ3) is 12.3. The predicted molar refractivity (Wildman–Crippen MR) is 451 cm³/mol. The Hall–Kier alpha value is -10.9. The van der Waals surface area contributed by atoms with Gasteiger partial charge in [0.2, 0.25) is 0 Å². The fraction of sp³-hybridized carbons (Fsp3) is 0.235. The largest absolute Gasteiger partial charge is 0.343 e. The van der Waals surface area contributed by atoms with Gasteiger partial charge < -0.3 is 9.13 Å². The molecule has 2 aliphatic rings. The second kappa shape index (κ2) is 28.5. The van der Waals surface area contributed by atoms with Gasteiger partial charge in [-0.05, 0) is 249 Å². The molecule has 524 valence electrons. The van der Waals surface area contributed by atoms with E-state index in [1.165, 1.54) is 201 Å². The molecule has 0 saturated heterocycles. The highest BCUT2D eigenvalue weighted by atomic mass is 16.1. The monoisotopic (exact) mass is 1380 g/mol. The first kappa shape index (κ1) is 68.2. The van der Waals surface area contributed by atoms with E-state index in [1.807, 2.05) is 62.6 Å². The van der Waals surface area contributed by atoms with Crippen LogP contribution in [0.25, 0.3) is 109 Å². The van der Waals surface area contributed by atoms with Crippen molar-refractivity contribution >= 4 is 86.7 Å². The van der Waals surface area contributed by atoms with E-state index in [4.69, 9.17) is 0 Å². The number of rotatable bonds is 20. The van der Waals surface area contributed by atoms with Crippen molar-refractivity contribution in [2.45, 2.75) is 141 Å². The van der Waals surface area contributed by atoms with Crippen molar-refractivity contribution in [1.29, 1.82) is 0 Å². The molecule has 4 nitrogen and oxygen atoms in total. The third-order valence-corrected chi connectivity index (χ3v) is 24.4. The average molecular weight is 1380 g/mol. The number of nitrogens with zero attached hydrogens (tertiary/aromatic N) is 2. The van der Waals surface area contributed by atoms with E-state index in [1.54, 1.807) is 11.1 Å². The molecule has 0 fully saturated rings. The molecule has 0 spiro atoms. The summed E-state index contributed by atoms with van der Waals surface area (Å²) in [5.41, 5.74) is 24.0. The van der Waals surface area contributed by atoms with E-state index < -0.39 is 5.41 Å². The molecule has 16 aromatic rings. The van der Waals surface area contributed by atoms with Gasteiger partial charge in [-0.3, -0.25) is 9.59 Å². The summed E-state index contributed by atoms with van der Waals surface area (Å²) in [6.45, 7) is 8.79. The van der Waals surface area contributed by atoms with Crippen LogP contribution in [0, 0.1) is 27.7 Å². The van der Waals surface area contributed by atoms with Crippen molar-refractivity contribution in [3.63, 3.8) is 0 Å². The fourth-order valence-corrected chi connectivity index (χ4v) is 18.9. The Bertz CT molecular complexity index is 5880. The minimum Gasteiger partial charge on any atom is -0.343 e. The zero-order valence-electron chi connectivity index (χ0n) is 62.4. The van der Waals surface area contributed by atoms with Crippen LogP contribution < -0.4 is 10.9 Å². The lowest BCUT2D eigenvalue weighted by atomic mass is 9.67. The molecule has 14 aromatic carbocycles. The summed E-state index contributed by atoms with van der Waals surface area (Å²) in [5, 5.41) is 13.5. The molecule has 2 aliphatic carbocycles. The first-order valence-corrected chi connectivity index (χ1v) is 39.1.